The monoisotopic (exact) mass is 452 g/mol. The van der Waals surface area contributed by atoms with Gasteiger partial charge in [0.15, 0.2) is 0 Å². The van der Waals surface area contributed by atoms with E-state index in [0.29, 0.717) is 34.6 Å². The van der Waals surface area contributed by atoms with E-state index in [9.17, 15) is 22.2 Å². The summed E-state index contributed by atoms with van der Waals surface area (Å²) in [7, 11) is -4.35. The molecule has 1 aliphatic rings. The minimum absolute atomic E-state index is 0.182. The van der Waals surface area contributed by atoms with E-state index in [1.165, 1.54) is 30.4 Å². The van der Waals surface area contributed by atoms with E-state index in [4.69, 9.17) is 15.7 Å². The van der Waals surface area contributed by atoms with Crippen molar-refractivity contribution >= 4 is 27.4 Å². The van der Waals surface area contributed by atoms with E-state index in [0.717, 1.165) is 0 Å². The van der Waals surface area contributed by atoms with Crippen LogP contribution in [-0.2, 0) is 14.9 Å². The van der Waals surface area contributed by atoms with Crippen molar-refractivity contribution in [1.82, 2.24) is 0 Å². The van der Waals surface area contributed by atoms with Gasteiger partial charge in [-0.2, -0.15) is 13.7 Å². The molecule has 30 heavy (non-hydrogen) atoms. The molecule has 2 aromatic rings. The number of nitrogens with zero attached hydrogens (tertiary/aromatic N) is 1. The van der Waals surface area contributed by atoms with E-state index in [1.807, 2.05) is 6.07 Å². The van der Waals surface area contributed by atoms with E-state index in [2.05, 4.69) is 0 Å². The lowest BCUT2D eigenvalue weighted by Crippen LogP contribution is -2.48. The SMILES string of the molecule is CC(C[C@@]1(C(N)=O)CCC[C@H]1Oc1ccc(-c2ccc(C#N)s2)c(F)c1)S(=O)(=O)O. The van der Waals surface area contributed by atoms with Crippen molar-refractivity contribution in [3.05, 3.63) is 41.0 Å². The van der Waals surface area contributed by atoms with Crippen molar-refractivity contribution < 1.29 is 26.9 Å². The van der Waals surface area contributed by atoms with E-state index in [-0.39, 0.29) is 12.2 Å². The van der Waals surface area contributed by atoms with Crippen LogP contribution < -0.4 is 10.5 Å². The van der Waals surface area contributed by atoms with Crippen LogP contribution in [0.4, 0.5) is 4.39 Å². The molecule has 1 aromatic carbocycles. The number of halogens is 1. The third kappa shape index (κ3) is 4.33. The Hall–Kier alpha value is -2.48. The first kappa shape index (κ1) is 22.2. The maximum atomic E-state index is 14.7. The minimum Gasteiger partial charge on any atom is -0.489 e. The first-order chi connectivity index (χ1) is 14.1. The molecule has 1 amide bonds. The van der Waals surface area contributed by atoms with E-state index >= 15 is 0 Å². The number of amides is 1. The number of hydrogen-bond donors (Lipinski definition) is 2. The Morgan fingerprint density at radius 1 is 1.47 bits per heavy atom. The van der Waals surface area contributed by atoms with Gasteiger partial charge in [0.25, 0.3) is 10.1 Å². The number of benzene rings is 1. The zero-order valence-corrected chi connectivity index (χ0v) is 17.8. The lowest BCUT2D eigenvalue weighted by atomic mass is 9.78. The van der Waals surface area contributed by atoms with Crippen LogP contribution in [0, 0.1) is 22.6 Å². The number of carbonyl (C=O) groups excluding carboxylic acids is 1. The lowest BCUT2D eigenvalue weighted by Gasteiger charge is -2.34. The zero-order valence-electron chi connectivity index (χ0n) is 16.2. The summed E-state index contributed by atoms with van der Waals surface area (Å²) in [5.74, 6) is -1.07. The van der Waals surface area contributed by atoms with Crippen LogP contribution in [-0.4, -0.2) is 30.2 Å². The Labute approximate surface area is 178 Å². The van der Waals surface area contributed by atoms with Crippen LogP contribution in [0.2, 0.25) is 0 Å². The van der Waals surface area contributed by atoms with Gasteiger partial charge in [-0.15, -0.1) is 11.3 Å². The minimum atomic E-state index is -4.35. The Morgan fingerprint density at radius 3 is 2.77 bits per heavy atom. The van der Waals surface area contributed by atoms with Crippen molar-refractivity contribution in [2.75, 3.05) is 0 Å². The molecular formula is C20H21FN2O5S2. The summed E-state index contributed by atoms with van der Waals surface area (Å²) in [5, 5.41) is 7.74. The number of primary amides is 1. The number of rotatable bonds is 7. The van der Waals surface area contributed by atoms with Gasteiger partial charge >= 0.3 is 0 Å². The molecule has 0 bridgehead atoms. The maximum Gasteiger partial charge on any atom is 0.267 e. The van der Waals surface area contributed by atoms with Gasteiger partial charge in [-0.3, -0.25) is 9.35 Å². The highest BCUT2D eigenvalue weighted by atomic mass is 32.2. The second-order valence-corrected chi connectivity index (χ2v) is 10.4. The molecular weight excluding hydrogens is 431 g/mol. The maximum absolute atomic E-state index is 14.7. The number of thiophene rings is 1. The Kier molecular flexibility index (Phi) is 6.17. The number of hydrogen-bond acceptors (Lipinski definition) is 6. The number of carbonyl (C=O) groups is 1. The van der Waals surface area contributed by atoms with Crippen molar-refractivity contribution in [1.29, 1.82) is 5.26 Å². The Bertz CT molecular complexity index is 1110. The lowest BCUT2D eigenvalue weighted by molar-refractivity contribution is -0.132. The molecule has 3 rings (SSSR count). The fourth-order valence-electron chi connectivity index (χ4n) is 3.92. The molecule has 1 heterocycles. The standard InChI is InChI=1S/C20H21FN2O5S2/c1-12(30(25,26)27)10-20(19(23)24)8-2-3-18(20)28-13-4-6-15(16(21)9-13)17-7-5-14(11-22)29-17/h4-7,9,12,18H,2-3,8,10H2,1H3,(H2,23,24)(H,25,26,27)/t12?,18-,20+/m1/s1. The summed E-state index contributed by atoms with van der Waals surface area (Å²) in [4.78, 5) is 13.4. The molecule has 1 fully saturated rings. The van der Waals surface area contributed by atoms with Crippen LogP contribution in [0.15, 0.2) is 30.3 Å². The quantitative estimate of drug-likeness (QED) is 0.618. The van der Waals surface area contributed by atoms with Gasteiger partial charge in [0, 0.05) is 16.5 Å². The van der Waals surface area contributed by atoms with Gasteiger partial charge in [0.2, 0.25) is 5.91 Å². The Balaban J connectivity index is 1.86. The van der Waals surface area contributed by atoms with Crippen molar-refractivity contribution in [2.24, 2.45) is 11.1 Å². The summed E-state index contributed by atoms with van der Waals surface area (Å²) in [6.45, 7) is 1.31. The van der Waals surface area contributed by atoms with Gasteiger partial charge in [-0.25, -0.2) is 4.39 Å². The molecule has 0 aliphatic heterocycles. The normalized spacial score (nSPS) is 22.4. The van der Waals surface area contributed by atoms with Crippen molar-refractivity contribution in [3.8, 4) is 22.3 Å². The highest BCUT2D eigenvalue weighted by Crippen LogP contribution is 2.45. The van der Waals surface area contributed by atoms with Gasteiger partial charge in [0.1, 0.15) is 28.6 Å². The second-order valence-electron chi connectivity index (χ2n) is 7.47. The summed E-state index contributed by atoms with van der Waals surface area (Å²) in [5.41, 5.74) is 4.66. The van der Waals surface area contributed by atoms with Crippen LogP contribution >= 0.6 is 11.3 Å². The van der Waals surface area contributed by atoms with Crippen LogP contribution in [0.5, 0.6) is 5.75 Å². The van der Waals surface area contributed by atoms with Crippen LogP contribution in [0.3, 0.4) is 0 Å². The molecule has 1 aromatic heterocycles. The molecule has 0 spiro atoms. The van der Waals surface area contributed by atoms with Crippen LogP contribution in [0.25, 0.3) is 10.4 Å². The molecule has 0 radical (unpaired) electrons. The third-order valence-electron chi connectivity index (χ3n) is 5.56. The van der Waals surface area contributed by atoms with Gasteiger partial charge in [-0.05, 0) is 56.9 Å². The smallest absolute Gasteiger partial charge is 0.267 e. The number of nitriles is 1. The topological polar surface area (TPSA) is 130 Å². The summed E-state index contributed by atoms with van der Waals surface area (Å²) < 4.78 is 52.9. The summed E-state index contributed by atoms with van der Waals surface area (Å²) in [6, 6.07) is 9.56. The van der Waals surface area contributed by atoms with Gasteiger partial charge in [0.05, 0.1) is 10.7 Å². The highest BCUT2D eigenvalue weighted by Gasteiger charge is 2.51. The first-order valence-corrected chi connectivity index (χ1v) is 11.6. The average molecular weight is 453 g/mol. The average Bonchev–Trinajstić information content (AvgIpc) is 3.29. The molecule has 10 heteroatoms. The fourth-order valence-corrected chi connectivity index (χ4v) is 5.26. The van der Waals surface area contributed by atoms with Gasteiger partial charge in [-0.1, -0.05) is 0 Å². The van der Waals surface area contributed by atoms with E-state index in [1.54, 1.807) is 18.2 Å². The van der Waals surface area contributed by atoms with Crippen molar-refractivity contribution in [2.45, 2.75) is 44.0 Å². The first-order valence-electron chi connectivity index (χ1n) is 9.29. The number of ether oxygens (including phenoxy) is 1. The molecule has 3 N–H and O–H groups in total. The zero-order chi connectivity index (χ0) is 22.1. The molecule has 0 saturated heterocycles. The number of nitrogens with two attached hydrogens (primary N) is 1. The predicted molar refractivity (Wildman–Crippen MR) is 110 cm³/mol. The van der Waals surface area contributed by atoms with Crippen molar-refractivity contribution in [3.63, 3.8) is 0 Å². The molecule has 1 saturated carbocycles. The largest absolute Gasteiger partial charge is 0.489 e. The highest BCUT2D eigenvalue weighted by molar-refractivity contribution is 7.86. The molecule has 1 unspecified atom stereocenters. The second kappa shape index (κ2) is 8.34. The molecule has 1 aliphatic carbocycles. The van der Waals surface area contributed by atoms with Crippen LogP contribution in [0.1, 0.15) is 37.5 Å². The summed E-state index contributed by atoms with van der Waals surface area (Å²) in [6.07, 6.45) is 0.425. The molecule has 3 atom stereocenters. The molecule has 7 nitrogen and oxygen atoms in total. The fraction of sp³-hybridized carbons (Fsp3) is 0.400. The Morgan fingerprint density at radius 2 is 2.20 bits per heavy atom. The molecule has 160 valence electrons. The predicted octanol–water partition coefficient (Wildman–Crippen LogP) is 3.50. The third-order valence-corrected chi connectivity index (χ3v) is 7.76. The van der Waals surface area contributed by atoms with Gasteiger partial charge < -0.3 is 10.5 Å². The van der Waals surface area contributed by atoms with E-state index < -0.39 is 38.6 Å². The summed E-state index contributed by atoms with van der Waals surface area (Å²) >= 11 is 1.17.